The molecule has 0 amide bonds. The Balaban J connectivity index is 2.50. The highest BCUT2D eigenvalue weighted by atomic mass is 35.5. The van der Waals surface area contributed by atoms with Crippen molar-refractivity contribution in [3.05, 3.63) is 27.2 Å². The lowest BCUT2D eigenvalue weighted by Gasteiger charge is -2.13. The van der Waals surface area contributed by atoms with Gasteiger partial charge >= 0.3 is 6.01 Å². The number of methoxy groups -OCH3 is 2. The van der Waals surface area contributed by atoms with Gasteiger partial charge < -0.3 is 15.2 Å². The summed E-state index contributed by atoms with van der Waals surface area (Å²) in [5.41, 5.74) is 5.59. The van der Waals surface area contributed by atoms with Crippen molar-refractivity contribution in [2.24, 2.45) is 0 Å². The summed E-state index contributed by atoms with van der Waals surface area (Å²) < 4.78 is 37.1. The smallest absolute Gasteiger partial charge is 0.321 e. The zero-order valence-corrected chi connectivity index (χ0v) is 15.4. The average molecular weight is 414 g/mol. The molecule has 0 radical (unpaired) electrons. The van der Waals surface area contributed by atoms with Gasteiger partial charge in [0.15, 0.2) is 5.82 Å². The van der Waals surface area contributed by atoms with Crippen molar-refractivity contribution in [3.8, 4) is 11.9 Å². The van der Waals surface area contributed by atoms with E-state index in [4.69, 9.17) is 50.0 Å². The van der Waals surface area contributed by atoms with Crippen molar-refractivity contribution in [1.29, 1.82) is 0 Å². The standard InChI is InChI=1S/C12H11Cl3N4O4S/c1-22-8-4-7(17-12(18-8)23-2)19-24(20,21)6-3-5(13)11(16)10(15)9(6)14/h3-4H,16H2,1-2H3,(H,17,18,19). The number of halogens is 3. The van der Waals surface area contributed by atoms with E-state index in [0.29, 0.717) is 0 Å². The van der Waals surface area contributed by atoms with Gasteiger partial charge in [-0.25, -0.2) is 8.42 Å². The number of nitrogen functional groups attached to an aromatic ring is 1. The van der Waals surface area contributed by atoms with E-state index in [-0.39, 0.29) is 43.4 Å². The summed E-state index contributed by atoms with van der Waals surface area (Å²) in [5.74, 6) is -0.00199. The Morgan fingerprint density at radius 2 is 1.75 bits per heavy atom. The van der Waals surface area contributed by atoms with Crippen molar-refractivity contribution in [2.45, 2.75) is 4.90 Å². The number of hydrogen-bond acceptors (Lipinski definition) is 7. The molecule has 0 atom stereocenters. The fourth-order valence-corrected chi connectivity index (χ4v) is 3.77. The van der Waals surface area contributed by atoms with E-state index in [1.165, 1.54) is 20.3 Å². The van der Waals surface area contributed by atoms with Crippen LogP contribution in [0.5, 0.6) is 11.9 Å². The van der Waals surface area contributed by atoms with E-state index in [2.05, 4.69) is 14.7 Å². The molecule has 0 saturated carbocycles. The maximum atomic E-state index is 12.5. The molecule has 24 heavy (non-hydrogen) atoms. The Morgan fingerprint density at radius 3 is 2.33 bits per heavy atom. The third-order valence-corrected chi connectivity index (χ3v) is 5.45. The van der Waals surface area contributed by atoms with Crippen LogP contribution in [0, 0.1) is 0 Å². The molecule has 0 fully saturated rings. The number of benzene rings is 1. The normalized spacial score (nSPS) is 11.2. The van der Waals surface area contributed by atoms with Gasteiger partial charge in [-0.05, 0) is 6.07 Å². The van der Waals surface area contributed by atoms with Gasteiger partial charge in [-0.1, -0.05) is 34.8 Å². The van der Waals surface area contributed by atoms with Crippen LogP contribution in [0.25, 0.3) is 0 Å². The first-order chi connectivity index (χ1) is 11.2. The van der Waals surface area contributed by atoms with Crippen LogP contribution in [0.4, 0.5) is 11.5 Å². The lowest BCUT2D eigenvalue weighted by atomic mass is 10.3. The average Bonchev–Trinajstić information content (AvgIpc) is 2.55. The SMILES string of the molecule is COc1cc(NS(=O)(=O)c2cc(Cl)c(N)c(Cl)c2Cl)nc(OC)n1. The molecule has 2 rings (SSSR count). The van der Waals surface area contributed by atoms with E-state index < -0.39 is 10.0 Å². The maximum Gasteiger partial charge on any atom is 0.321 e. The van der Waals surface area contributed by atoms with Gasteiger partial charge in [0.2, 0.25) is 5.88 Å². The predicted molar refractivity (Wildman–Crippen MR) is 91.8 cm³/mol. The molecule has 1 aromatic carbocycles. The van der Waals surface area contributed by atoms with Crippen LogP contribution in [0.3, 0.4) is 0 Å². The van der Waals surface area contributed by atoms with Gasteiger partial charge in [-0.15, -0.1) is 0 Å². The Kier molecular flexibility index (Phi) is 5.49. The summed E-state index contributed by atoms with van der Waals surface area (Å²) in [7, 11) is -1.48. The third-order valence-electron chi connectivity index (χ3n) is 2.76. The summed E-state index contributed by atoms with van der Waals surface area (Å²) in [5, 5.41) is -0.482. The number of nitrogens with two attached hydrogens (primary N) is 1. The Bertz CT molecular complexity index is 870. The minimum atomic E-state index is -4.16. The van der Waals surface area contributed by atoms with E-state index in [1.54, 1.807) is 0 Å². The van der Waals surface area contributed by atoms with Gasteiger partial charge in [0, 0.05) is 6.07 Å². The van der Waals surface area contributed by atoms with Crippen LogP contribution in [-0.4, -0.2) is 32.6 Å². The zero-order valence-electron chi connectivity index (χ0n) is 12.3. The van der Waals surface area contributed by atoms with Gasteiger partial charge in [0.05, 0.1) is 35.0 Å². The molecule has 1 aromatic heterocycles. The first-order valence-corrected chi connectivity index (χ1v) is 8.74. The minimum Gasteiger partial charge on any atom is -0.481 e. The second kappa shape index (κ2) is 7.06. The Morgan fingerprint density at radius 1 is 1.08 bits per heavy atom. The summed E-state index contributed by atoms with van der Waals surface area (Å²) >= 11 is 17.7. The number of nitrogens with one attached hydrogen (secondary N) is 1. The minimum absolute atomic E-state index is 0.0207. The Hall–Kier alpha value is -1.68. The predicted octanol–water partition coefficient (Wildman–Crippen LogP) is 2.84. The monoisotopic (exact) mass is 412 g/mol. The highest BCUT2D eigenvalue weighted by Gasteiger charge is 2.24. The van der Waals surface area contributed by atoms with Crippen molar-refractivity contribution in [1.82, 2.24) is 9.97 Å². The number of rotatable bonds is 5. The van der Waals surface area contributed by atoms with Crippen LogP contribution in [0.1, 0.15) is 0 Å². The van der Waals surface area contributed by atoms with E-state index in [0.717, 1.165) is 6.07 Å². The molecular weight excluding hydrogens is 403 g/mol. The number of aromatic nitrogens is 2. The van der Waals surface area contributed by atoms with Crippen LogP contribution < -0.4 is 19.9 Å². The summed E-state index contributed by atoms with van der Waals surface area (Å²) in [6.07, 6.45) is 0. The lowest BCUT2D eigenvalue weighted by Crippen LogP contribution is -2.15. The first kappa shape index (κ1) is 18.7. The van der Waals surface area contributed by atoms with Gasteiger partial charge in [-0.2, -0.15) is 9.97 Å². The number of nitrogens with zero attached hydrogens (tertiary/aromatic N) is 2. The summed E-state index contributed by atoms with van der Waals surface area (Å²) in [6.45, 7) is 0. The van der Waals surface area contributed by atoms with Crippen LogP contribution in [0.15, 0.2) is 17.0 Å². The molecule has 8 nitrogen and oxygen atoms in total. The molecule has 0 unspecified atom stereocenters. The third kappa shape index (κ3) is 3.69. The van der Waals surface area contributed by atoms with E-state index >= 15 is 0 Å². The molecule has 1 heterocycles. The van der Waals surface area contributed by atoms with Gasteiger partial charge in [0.1, 0.15) is 4.90 Å². The molecule has 0 aliphatic carbocycles. The second-order valence-corrected chi connectivity index (χ2v) is 7.10. The highest BCUT2D eigenvalue weighted by Crippen LogP contribution is 2.39. The Labute approximate surface area is 152 Å². The molecule has 0 bridgehead atoms. The highest BCUT2D eigenvalue weighted by molar-refractivity contribution is 7.92. The fraction of sp³-hybridized carbons (Fsp3) is 0.167. The first-order valence-electron chi connectivity index (χ1n) is 6.12. The molecule has 130 valence electrons. The maximum absolute atomic E-state index is 12.5. The number of hydrogen-bond donors (Lipinski definition) is 2. The number of anilines is 2. The van der Waals surface area contributed by atoms with Crippen molar-refractivity contribution >= 4 is 56.3 Å². The summed E-state index contributed by atoms with van der Waals surface area (Å²) in [4.78, 5) is 7.36. The zero-order chi connectivity index (χ0) is 18.1. The lowest BCUT2D eigenvalue weighted by molar-refractivity contribution is 0.353. The van der Waals surface area contributed by atoms with Crippen LogP contribution in [0.2, 0.25) is 15.1 Å². The number of sulfonamides is 1. The number of ether oxygens (including phenoxy) is 2. The topological polar surface area (TPSA) is 116 Å². The quantitative estimate of drug-likeness (QED) is 0.572. The van der Waals surface area contributed by atoms with Crippen LogP contribution >= 0.6 is 34.8 Å². The van der Waals surface area contributed by atoms with Gasteiger partial charge in [-0.3, -0.25) is 4.72 Å². The fourth-order valence-electron chi connectivity index (χ4n) is 1.63. The van der Waals surface area contributed by atoms with E-state index in [1.807, 2.05) is 0 Å². The van der Waals surface area contributed by atoms with Crippen molar-refractivity contribution in [2.75, 3.05) is 24.7 Å². The van der Waals surface area contributed by atoms with Crippen molar-refractivity contribution < 1.29 is 17.9 Å². The van der Waals surface area contributed by atoms with E-state index in [9.17, 15) is 8.42 Å². The molecule has 0 spiro atoms. The second-order valence-electron chi connectivity index (χ2n) is 4.29. The van der Waals surface area contributed by atoms with Crippen molar-refractivity contribution in [3.63, 3.8) is 0 Å². The largest absolute Gasteiger partial charge is 0.481 e. The molecule has 2 aromatic rings. The summed E-state index contributed by atoms with van der Waals surface area (Å²) in [6, 6.07) is 2.25. The van der Waals surface area contributed by atoms with Gasteiger partial charge in [0.25, 0.3) is 10.0 Å². The molecule has 12 heteroatoms. The molecule has 0 saturated heterocycles. The van der Waals surface area contributed by atoms with Crippen LogP contribution in [-0.2, 0) is 10.0 Å². The molecule has 0 aliphatic rings. The molecule has 3 N–H and O–H groups in total. The molecule has 0 aliphatic heterocycles. The molecular formula is C12H11Cl3N4O4S.